The topological polar surface area (TPSA) is 20.2 Å². The number of benzene rings is 1. The Morgan fingerprint density at radius 3 is 2.69 bits per heavy atom. The van der Waals surface area contributed by atoms with Crippen LogP contribution in [0, 0.1) is 0 Å². The zero-order chi connectivity index (χ0) is 9.68. The largest absolute Gasteiger partial charge is 0.392 e. The Balaban J connectivity index is 2.74. The van der Waals surface area contributed by atoms with Crippen molar-refractivity contribution in [2.45, 2.75) is 19.4 Å². The van der Waals surface area contributed by atoms with E-state index in [1.165, 1.54) is 5.56 Å². The first-order chi connectivity index (χ1) is 6.27. The second-order valence-electron chi connectivity index (χ2n) is 2.88. The summed E-state index contributed by atoms with van der Waals surface area (Å²) in [4.78, 5) is 0. The van der Waals surface area contributed by atoms with E-state index in [9.17, 15) is 0 Å². The summed E-state index contributed by atoms with van der Waals surface area (Å²) in [5.74, 6) is 0. The van der Waals surface area contributed by atoms with Gasteiger partial charge in [0.15, 0.2) is 0 Å². The number of rotatable bonds is 4. The molecule has 0 radical (unpaired) electrons. The van der Waals surface area contributed by atoms with Crippen LogP contribution < -0.4 is 0 Å². The van der Waals surface area contributed by atoms with Gasteiger partial charge >= 0.3 is 0 Å². The lowest BCUT2D eigenvalue weighted by atomic mass is 10.1. The van der Waals surface area contributed by atoms with Gasteiger partial charge in [-0.25, -0.2) is 0 Å². The minimum absolute atomic E-state index is 0.0999. The van der Waals surface area contributed by atoms with Crippen LogP contribution in [-0.4, -0.2) is 10.4 Å². The van der Waals surface area contributed by atoms with Gasteiger partial charge in [-0.05, 0) is 30.0 Å². The predicted molar refractivity (Wildman–Crippen MR) is 62.2 cm³/mol. The van der Waals surface area contributed by atoms with Gasteiger partial charge in [0.1, 0.15) is 0 Å². The van der Waals surface area contributed by atoms with Crippen LogP contribution >= 0.6 is 31.9 Å². The molecule has 0 unspecified atom stereocenters. The second-order valence-corrected chi connectivity index (χ2v) is 4.52. The summed E-state index contributed by atoms with van der Waals surface area (Å²) >= 11 is 6.79. The molecule has 0 aliphatic heterocycles. The van der Waals surface area contributed by atoms with Gasteiger partial charge in [0.25, 0.3) is 0 Å². The zero-order valence-corrected chi connectivity index (χ0v) is 10.4. The maximum atomic E-state index is 9.03. The van der Waals surface area contributed by atoms with Gasteiger partial charge in [-0.3, -0.25) is 0 Å². The number of aliphatic hydroxyl groups excluding tert-OH is 1. The molecular formula is C10H12Br2O. The number of hydrogen-bond acceptors (Lipinski definition) is 1. The number of aryl methyl sites for hydroxylation is 1. The van der Waals surface area contributed by atoms with Crippen molar-refractivity contribution in [1.29, 1.82) is 0 Å². The van der Waals surface area contributed by atoms with Crippen molar-refractivity contribution in [3.05, 3.63) is 33.8 Å². The lowest BCUT2D eigenvalue weighted by molar-refractivity contribution is 0.281. The van der Waals surface area contributed by atoms with Gasteiger partial charge in [0.2, 0.25) is 0 Å². The molecule has 13 heavy (non-hydrogen) atoms. The molecule has 1 N–H and O–H groups in total. The van der Waals surface area contributed by atoms with Gasteiger partial charge in [-0.2, -0.15) is 0 Å². The molecule has 3 heteroatoms. The van der Waals surface area contributed by atoms with Gasteiger partial charge in [0.05, 0.1) is 6.61 Å². The summed E-state index contributed by atoms with van der Waals surface area (Å²) in [6.07, 6.45) is 2.19. The normalized spacial score (nSPS) is 10.4. The monoisotopic (exact) mass is 306 g/mol. The van der Waals surface area contributed by atoms with Crippen LogP contribution in [0.15, 0.2) is 22.7 Å². The van der Waals surface area contributed by atoms with Crippen molar-refractivity contribution in [1.82, 2.24) is 0 Å². The third-order valence-electron chi connectivity index (χ3n) is 1.88. The van der Waals surface area contributed by atoms with Crippen LogP contribution in [0.4, 0.5) is 0 Å². The van der Waals surface area contributed by atoms with Gasteiger partial charge in [-0.1, -0.05) is 44.0 Å². The van der Waals surface area contributed by atoms with Crippen molar-refractivity contribution in [2.75, 3.05) is 5.33 Å². The first-order valence-electron chi connectivity index (χ1n) is 4.22. The van der Waals surface area contributed by atoms with Gasteiger partial charge < -0.3 is 5.11 Å². The smallest absolute Gasteiger partial charge is 0.0692 e. The van der Waals surface area contributed by atoms with Crippen LogP contribution in [0.25, 0.3) is 0 Å². The lowest BCUT2D eigenvalue weighted by Gasteiger charge is -2.04. The van der Waals surface area contributed by atoms with E-state index in [-0.39, 0.29) is 6.61 Å². The summed E-state index contributed by atoms with van der Waals surface area (Å²) in [5, 5.41) is 10.1. The predicted octanol–water partition coefficient (Wildman–Crippen LogP) is 3.27. The maximum absolute atomic E-state index is 9.03. The summed E-state index contributed by atoms with van der Waals surface area (Å²) < 4.78 is 0.984. The van der Waals surface area contributed by atoms with Crippen molar-refractivity contribution in [3.63, 3.8) is 0 Å². The fourth-order valence-electron chi connectivity index (χ4n) is 1.18. The first-order valence-corrected chi connectivity index (χ1v) is 6.13. The molecule has 0 heterocycles. The fraction of sp³-hybridized carbons (Fsp3) is 0.400. The molecule has 0 aromatic heterocycles. The molecule has 0 saturated carbocycles. The number of halogens is 2. The minimum atomic E-state index is 0.0999. The van der Waals surface area contributed by atoms with E-state index in [1.807, 2.05) is 12.1 Å². The Kier molecular flexibility index (Phi) is 4.99. The molecule has 0 spiro atoms. The molecule has 0 aliphatic rings. The Labute approximate surface area is 95.4 Å². The van der Waals surface area contributed by atoms with Crippen molar-refractivity contribution < 1.29 is 5.11 Å². The van der Waals surface area contributed by atoms with Crippen LogP contribution in [0.3, 0.4) is 0 Å². The van der Waals surface area contributed by atoms with Gasteiger partial charge in [0, 0.05) is 9.80 Å². The Morgan fingerprint density at radius 2 is 2.08 bits per heavy atom. The Morgan fingerprint density at radius 1 is 1.31 bits per heavy atom. The molecule has 0 saturated heterocycles. The molecule has 1 rings (SSSR count). The lowest BCUT2D eigenvalue weighted by Crippen LogP contribution is -1.91. The van der Waals surface area contributed by atoms with Crippen molar-refractivity contribution in [2.24, 2.45) is 0 Å². The third kappa shape index (κ3) is 3.41. The zero-order valence-electron chi connectivity index (χ0n) is 7.26. The summed E-state index contributed by atoms with van der Waals surface area (Å²) in [6.45, 7) is 0.0999. The van der Waals surface area contributed by atoms with E-state index in [4.69, 9.17) is 5.11 Å². The third-order valence-corrected chi connectivity index (χ3v) is 3.21. The molecule has 72 valence electrons. The molecule has 0 bridgehead atoms. The Bertz CT molecular complexity index is 274. The average molecular weight is 308 g/mol. The van der Waals surface area contributed by atoms with Gasteiger partial charge in [-0.15, -0.1) is 0 Å². The quantitative estimate of drug-likeness (QED) is 0.847. The van der Waals surface area contributed by atoms with Crippen LogP contribution in [0.5, 0.6) is 0 Å². The highest BCUT2D eigenvalue weighted by Gasteiger charge is 1.99. The molecule has 0 aliphatic carbocycles. The summed E-state index contributed by atoms with van der Waals surface area (Å²) in [7, 11) is 0. The minimum Gasteiger partial charge on any atom is -0.392 e. The second kappa shape index (κ2) is 5.78. The van der Waals surface area contributed by atoms with Crippen LogP contribution in [0.2, 0.25) is 0 Å². The molecule has 0 atom stereocenters. The van der Waals surface area contributed by atoms with Crippen molar-refractivity contribution >= 4 is 31.9 Å². The SMILES string of the molecule is OCc1cc(CCCBr)ccc1Br. The summed E-state index contributed by atoms with van der Waals surface area (Å²) in [6, 6.07) is 6.13. The molecule has 0 amide bonds. The fourth-order valence-corrected chi connectivity index (χ4v) is 1.83. The van der Waals surface area contributed by atoms with Crippen LogP contribution in [-0.2, 0) is 13.0 Å². The number of hydrogen-bond donors (Lipinski definition) is 1. The molecule has 1 nitrogen and oxygen atoms in total. The van der Waals surface area contributed by atoms with E-state index in [1.54, 1.807) is 0 Å². The number of aliphatic hydroxyl groups is 1. The maximum Gasteiger partial charge on any atom is 0.0692 e. The van der Waals surface area contributed by atoms with E-state index >= 15 is 0 Å². The summed E-state index contributed by atoms with van der Waals surface area (Å²) in [5.41, 5.74) is 2.25. The molecular weight excluding hydrogens is 296 g/mol. The standard InChI is InChI=1S/C10H12Br2O/c11-5-1-2-8-3-4-10(12)9(6-8)7-13/h3-4,6,13H,1-2,5,7H2. The molecule has 1 aromatic rings. The Hall–Kier alpha value is 0.140. The van der Waals surface area contributed by atoms with E-state index in [0.29, 0.717) is 0 Å². The average Bonchev–Trinajstić information content (AvgIpc) is 2.16. The van der Waals surface area contributed by atoms with E-state index < -0.39 is 0 Å². The van der Waals surface area contributed by atoms with E-state index in [0.717, 1.165) is 28.2 Å². The van der Waals surface area contributed by atoms with E-state index in [2.05, 4.69) is 37.9 Å². The molecule has 0 fully saturated rings. The highest BCUT2D eigenvalue weighted by atomic mass is 79.9. The van der Waals surface area contributed by atoms with Crippen molar-refractivity contribution in [3.8, 4) is 0 Å². The first kappa shape index (κ1) is 11.2. The molecule has 1 aromatic carbocycles. The van der Waals surface area contributed by atoms with Crippen LogP contribution in [0.1, 0.15) is 17.5 Å². The highest BCUT2D eigenvalue weighted by Crippen LogP contribution is 2.19. The highest BCUT2D eigenvalue weighted by molar-refractivity contribution is 9.10. The number of alkyl halides is 1.